The highest BCUT2D eigenvalue weighted by atomic mass is 35.5. The van der Waals surface area contributed by atoms with Gasteiger partial charge in [0.2, 0.25) is 0 Å². The number of nitrogens with zero attached hydrogens (tertiary/aromatic N) is 1. The predicted octanol–water partition coefficient (Wildman–Crippen LogP) is 2.69. The first-order chi connectivity index (χ1) is 10.3. The molecule has 0 aliphatic carbocycles. The van der Waals surface area contributed by atoms with Gasteiger partial charge in [0.1, 0.15) is 16.3 Å². The lowest BCUT2D eigenvalue weighted by Crippen LogP contribution is -2.16. The van der Waals surface area contributed by atoms with Crippen LogP contribution in [-0.4, -0.2) is 31.2 Å². The van der Waals surface area contributed by atoms with Crippen LogP contribution < -0.4 is 4.72 Å². The van der Waals surface area contributed by atoms with E-state index in [4.69, 9.17) is 27.9 Å². The molecule has 118 valence electrons. The molecule has 1 heterocycles. The first-order valence-electron chi connectivity index (χ1n) is 6.03. The van der Waals surface area contributed by atoms with Gasteiger partial charge in [0.15, 0.2) is 0 Å². The number of carbonyl (C=O) groups excluding carboxylic acids is 1. The standard InChI is InChI=1S/C12H11Cl2N3O4S/c1-2-21-12(18)8-6-15-16-11(8)17-22(19,20)10-4-3-7(13)5-9(10)14/h3-6H,2H2,1H3,(H2,15,16,17). The summed E-state index contributed by atoms with van der Waals surface area (Å²) >= 11 is 11.6. The van der Waals surface area contributed by atoms with E-state index >= 15 is 0 Å². The molecule has 2 N–H and O–H groups in total. The Labute approximate surface area is 136 Å². The fourth-order valence-electron chi connectivity index (χ4n) is 1.61. The van der Waals surface area contributed by atoms with Crippen molar-refractivity contribution in [2.75, 3.05) is 11.3 Å². The van der Waals surface area contributed by atoms with E-state index in [9.17, 15) is 13.2 Å². The minimum Gasteiger partial charge on any atom is -0.462 e. The number of aromatic amines is 1. The Hall–Kier alpha value is -1.77. The van der Waals surface area contributed by atoms with Crippen molar-refractivity contribution in [3.05, 3.63) is 40.0 Å². The average Bonchev–Trinajstić information content (AvgIpc) is 2.85. The van der Waals surface area contributed by atoms with Crippen molar-refractivity contribution in [3.8, 4) is 0 Å². The van der Waals surface area contributed by atoms with Crippen LogP contribution in [0.1, 0.15) is 17.3 Å². The van der Waals surface area contributed by atoms with Crippen LogP contribution in [-0.2, 0) is 14.8 Å². The third-order valence-electron chi connectivity index (χ3n) is 2.55. The molecule has 10 heteroatoms. The zero-order valence-electron chi connectivity index (χ0n) is 11.3. The molecule has 0 amide bonds. The van der Waals surface area contributed by atoms with Gasteiger partial charge in [0.25, 0.3) is 10.0 Å². The summed E-state index contributed by atoms with van der Waals surface area (Å²) in [4.78, 5) is 11.5. The molecule has 0 radical (unpaired) electrons. The first-order valence-corrected chi connectivity index (χ1v) is 8.27. The normalized spacial score (nSPS) is 11.2. The second kappa shape index (κ2) is 6.55. The molecule has 2 aromatic rings. The summed E-state index contributed by atoms with van der Waals surface area (Å²) in [5, 5.41) is 6.28. The number of halogens is 2. The number of nitrogens with one attached hydrogen (secondary N) is 2. The summed E-state index contributed by atoms with van der Waals surface area (Å²) in [6.07, 6.45) is 1.17. The van der Waals surface area contributed by atoms with Crippen molar-refractivity contribution >= 4 is 45.0 Å². The molecule has 1 aromatic carbocycles. The molecule has 0 aliphatic heterocycles. The van der Waals surface area contributed by atoms with Crippen LogP contribution in [0.15, 0.2) is 29.3 Å². The largest absolute Gasteiger partial charge is 0.462 e. The van der Waals surface area contributed by atoms with Crippen molar-refractivity contribution in [2.24, 2.45) is 0 Å². The van der Waals surface area contributed by atoms with Gasteiger partial charge in [-0.05, 0) is 25.1 Å². The zero-order valence-corrected chi connectivity index (χ0v) is 13.6. The third-order valence-corrected chi connectivity index (χ3v) is 4.62. The molecule has 0 spiro atoms. The molecular weight excluding hydrogens is 353 g/mol. The Kier molecular flexibility index (Phi) is 4.94. The lowest BCUT2D eigenvalue weighted by atomic mass is 10.3. The number of anilines is 1. The highest BCUT2D eigenvalue weighted by Crippen LogP contribution is 2.27. The van der Waals surface area contributed by atoms with Gasteiger partial charge in [-0.3, -0.25) is 9.82 Å². The second-order valence-corrected chi connectivity index (χ2v) is 6.55. The first kappa shape index (κ1) is 16.6. The number of aromatic nitrogens is 2. The monoisotopic (exact) mass is 363 g/mol. The summed E-state index contributed by atoms with van der Waals surface area (Å²) in [7, 11) is -4.02. The van der Waals surface area contributed by atoms with Crippen LogP contribution in [0.25, 0.3) is 0 Å². The van der Waals surface area contributed by atoms with E-state index in [0.29, 0.717) is 5.02 Å². The van der Waals surface area contributed by atoms with Gasteiger partial charge < -0.3 is 4.74 Å². The van der Waals surface area contributed by atoms with Gasteiger partial charge in [0, 0.05) is 5.02 Å². The number of H-pyrrole nitrogens is 1. The molecule has 0 fully saturated rings. The van der Waals surface area contributed by atoms with Crippen LogP contribution in [0.4, 0.5) is 5.82 Å². The van der Waals surface area contributed by atoms with Gasteiger partial charge in [-0.2, -0.15) is 5.10 Å². The third kappa shape index (κ3) is 3.52. The van der Waals surface area contributed by atoms with E-state index < -0.39 is 16.0 Å². The summed E-state index contributed by atoms with van der Waals surface area (Å²) in [6.45, 7) is 1.79. The molecule has 0 unspecified atom stereocenters. The SMILES string of the molecule is CCOC(=O)c1cn[nH]c1NS(=O)(=O)c1ccc(Cl)cc1Cl. The summed E-state index contributed by atoms with van der Waals surface area (Å²) in [5.74, 6) is -0.805. The van der Waals surface area contributed by atoms with Gasteiger partial charge in [-0.25, -0.2) is 13.2 Å². The zero-order chi connectivity index (χ0) is 16.3. The van der Waals surface area contributed by atoms with Gasteiger partial charge in [-0.1, -0.05) is 23.2 Å². The smallest absolute Gasteiger partial charge is 0.343 e. The predicted molar refractivity (Wildman–Crippen MR) is 81.8 cm³/mol. The van der Waals surface area contributed by atoms with Crippen LogP contribution >= 0.6 is 23.2 Å². The Balaban J connectivity index is 2.34. The number of esters is 1. The van der Waals surface area contributed by atoms with E-state index in [1.807, 2.05) is 0 Å². The van der Waals surface area contributed by atoms with E-state index in [0.717, 1.165) is 0 Å². The quantitative estimate of drug-likeness (QED) is 0.795. The maximum Gasteiger partial charge on any atom is 0.343 e. The molecular formula is C12H11Cl2N3O4S. The topological polar surface area (TPSA) is 101 Å². The van der Waals surface area contributed by atoms with Crippen molar-refractivity contribution in [3.63, 3.8) is 0 Å². The Morgan fingerprint density at radius 1 is 1.41 bits per heavy atom. The van der Waals surface area contributed by atoms with Crippen LogP contribution in [0.3, 0.4) is 0 Å². The van der Waals surface area contributed by atoms with E-state index in [1.54, 1.807) is 6.92 Å². The molecule has 0 saturated heterocycles. The van der Waals surface area contributed by atoms with Crippen molar-refractivity contribution in [1.82, 2.24) is 10.2 Å². The number of carbonyl (C=O) groups is 1. The highest BCUT2D eigenvalue weighted by Gasteiger charge is 2.23. The van der Waals surface area contributed by atoms with Crippen LogP contribution in [0.5, 0.6) is 0 Å². The van der Waals surface area contributed by atoms with Crippen LogP contribution in [0.2, 0.25) is 10.0 Å². The molecule has 22 heavy (non-hydrogen) atoms. The van der Waals surface area contributed by atoms with Crippen molar-refractivity contribution in [2.45, 2.75) is 11.8 Å². The van der Waals surface area contributed by atoms with Crippen LogP contribution in [0, 0.1) is 0 Å². The molecule has 2 rings (SSSR count). The van der Waals surface area contributed by atoms with Crippen molar-refractivity contribution in [1.29, 1.82) is 0 Å². The lowest BCUT2D eigenvalue weighted by molar-refractivity contribution is 0.0527. The van der Waals surface area contributed by atoms with E-state index in [1.165, 1.54) is 24.4 Å². The minimum atomic E-state index is -4.02. The molecule has 0 bridgehead atoms. The maximum absolute atomic E-state index is 12.3. The second-order valence-electron chi connectivity index (χ2n) is 4.06. The number of hydrogen-bond donors (Lipinski definition) is 2. The Morgan fingerprint density at radius 2 is 2.14 bits per heavy atom. The average molecular weight is 364 g/mol. The summed E-state index contributed by atoms with van der Waals surface area (Å²) in [5.41, 5.74) is -0.0319. The number of hydrogen-bond acceptors (Lipinski definition) is 5. The summed E-state index contributed by atoms with van der Waals surface area (Å²) < 4.78 is 31.7. The Morgan fingerprint density at radius 3 is 2.77 bits per heavy atom. The number of ether oxygens (including phenoxy) is 1. The fourth-order valence-corrected chi connectivity index (χ4v) is 3.42. The number of sulfonamides is 1. The minimum absolute atomic E-state index is 0.0319. The fraction of sp³-hybridized carbons (Fsp3) is 0.167. The van der Waals surface area contributed by atoms with E-state index in [-0.39, 0.29) is 27.9 Å². The van der Waals surface area contributed by atoms with Gasteiger partial charge in [-0.15, -0.1) is 0 Å². The molecule has 0 aliphatic rings. The highest BCUT2D eigenvalue weighted by molar-refractivity contribution is 7.92. The van der Waals surface area contributed by atoms with Crippen molar-refractivity contribution < 1.29 is 17.9 Å². The maximum atomic E-state index is 12.3. The lowest BCUT2D eigenvalue weighted by Gasteiger charge is -2.09. The molecule has 1 aromatic heterocycles. The number of benzene rings is 1. The number of rotatable bonds is 5. The molecule has 7 nitrogen and oxygen atoms in total. The molecule has 0 saturated carbocycles. The molecule has 0 atom stereocenters. The van der Waals surface area contributed by atoms with Gasteiger partial charge in [0.05, 0.1) is 17.8 Å². The summed E-state index contributed by atoms with van der Waals surface area (Å²) in [6, 6.07) is 3.95. The van der Waals surface area contributed by atoms with E-state index in [2.05, 4.69) is 14.9 Å². The van der Waals surface area contributed by atoms with Gasteiger partial charge >= 0.3 is 5.97 Å². The Bertz CT molecular complexity index is 804.